The topological polar surface area (TPSA) is 115 Å². The molecule has 0 unspecified atom stereocenters. The van der Waals surface area contributed by atoms with Crippen molar-refractivity contribution in [3.05, 3.63) is 93.8 Å². The van der Waals surface area contributed by atoms with Gasteiger partial charge in [0.15, 0.2) is 0 Å². The maximum atomic E-state index is 12.9. The molecule has 0 aliphatic heterocycles. The van der Waals surface area contributed by atoms with Gasteiger partial charge in [0.2, 0.25) is 5.88 Å². The molecule has 4 rings (SSSR count). The SMILES string of the molecule is O=C(NCCn1cccn1)c1ccc(Oc2ncc(Cl)cc2NS(=O)(=O)c2ccc(Cl)c(Cl)c2)cc1. The summed E-state index contributed by atoms with van der Waals surface area (Å²) < 4.78 is 35.6. The van der Waals surface area contributed by atoms with Crippen molar-refractivity contribution in [2.24, 2.45) is 0 Å². The smallest absolute Gasteiger partial charge is 0.262 e. The van der Waals surface area contributed by atoms with Crippen LogP contribution in [0.5, 0.6) is 11.6 Å². The van der Waals surface area contributed by atoms with Crippen LogP contribution >= 0.6 is 34.8 Å². The summed E-state index contributed by atoms with van der Waals surface area (Å²) in [6.07, 6.45) is 4.79. The molecule has 13 heteroatoms. The van der Waals surface area contributed by atoms with Crippen molar-refractivity contribution in [1.29, 1.82) is 0 Å². The Bertz CT molecular complexity index is 1480. The Morgan fingerprint density at radius 1 is 1.03 bits per heavy atom. The van der Waals surface area contributed by atoms with E-state index in [9.17, 15) is 13.2 Å². The van der Waals surface area contributed by atoms with Crippen molar-refractivity contribution in [2.75, 3.05) is 11.3 Å². The predicted octanol–water partition coefficient (Wildman–Crippen LogP) is 5.26. The lowest BCUT2D eigenvalue weighted by molar-refractivity contribution is 0.0952. The number of carbonyl (C=O) groups excluding carboxylic acids is 1. The number of hydrogen-bond donors (Lipinski definition) is 2. The molecule has 0 saturated carbocycles. The van der Waals surface area contributed by atoms with E-state index in [1.165, 1.54) is 30.5 Å². The Balaban J connectivity index is 1.46. The number of hydrogen-bond acceptors (Lipinski definition) is 6. The first kappa shape index (κ1) is 25.8. The Morgan fingerprint density at radius 2 is 1.81 bits per heavy atom. The molecular weight excluding hydrogens is 549 g/mol. The number of nitrogens with zero attached hydrogens (tertiary/aromatic N) is 3. The Hall–Kier alpha value is -3.31. The first-order valence-corrected chi connectivity index (χ1v) is 13.0. The number of carbonyl (C=O) groups is 1. The van der Waals surface area contributed by atoms with Gasteiger partial charge in [0.05, 0.1) is 26.5 Å². The van der Waals surface area contributed by atoms with E-state index < -0.39 is 10.0 Å². The van der Waals surface area contributed by atoms with Crippen LogP contribution in [-0.2, 0) is 16.6 Å². The molecule has 2 aromatic carbocycles. The molecule has 0 atom stereocenters. The molecule has 0 saturated heterocycles. The highest BCUT2D eigenvalue weighted by Crippen LogP contribution is 2.32. The summed E-state index contributed by atoms with van der Waals surface area (Å²) >= 11 is 17.9. The third-order valence-corrected chi connectivity index (χ3v) is 7.09. The van der Waals surface area contributed by atoms with Gasteiger partial charge < -0.3 is 10.1 Å². The summed E-state index contributed by atoms with van der Waals surface area (Å²) in [5.41, 5.74) is 0.432. The first-order chi connectivity index (χ1) is 17.2. The molecule has 0 fully saturated rings. The molecule has 186 valence electrons. The number of benzene rings is 2. The van der Waals surface area contributed by atoms with E-state index >= 15 is 0 Å². The highest BCUT2D eigenvalue weighted by atomic mass is 35.5. The molecule has 0 aliphatic rings. The lowest BCUT2D eigenvalue weighted by Gasteiger charge is -2.13. The van der Waals surface area contributed by atoms with Crippen LogP contribution in [0.2, 0.25) is 15.1 Å². The summed E-state index contributed by atoms with van der Waals surface area (Å²) in [4.78, 5) is 16.4. The zero-order chi connectivity index (χ0) is 25.7. The van der Waals surface area contributed by atoms with Crippen molar-refractivity contribution < 1.29 is 17.9 Å². The second-order valence-electron chi connectivity index (χ2n) is 7.34. The van der Waals surface area contributed by atoms with Gasteiger partial charge in [-0.15, -0.1) is 0 Å². The fraction of sp³-hybridized carbons (Fsp3) is 0.0870. The Kier molecular flexibility index (Phi) is 8.00. The van der Waals surface area contributed by atoms with Crippen molar-refractivity contribution in [1.82, 2.24) is 20.1 Å². The summed E-state index contributed by atoms with van der Waals surface area (Å²) in [5.74, 6) is 0.0285. The van der Waals surface area contributed by atoms with Crippen LogP contribution in [0.1, 0.15) is 10.4 Å². The van der Waals surface area contributed by atoms with Gasteiger partial charge >= 0.3 is 0 Å². The monoisotopic (exact) mass is 565 g/mol. The van der Waals surface area contributed by atoms with Crippen LogP contribution in [0.4, 0.5) is 5.69 Å². The van der Waals surface area contributed by atoms with Crippen molar-refractivity contribution in [2.45, 2.75) is 11.4 Å². The van der Waals surface area contributed by atoms with Crippen molar-refractivity contribution >= 4 is 56.4 Å². The van der Waals surface area contributed by atoms with Gasteiger partial charge in [0.1, 0.15) is 11.4 Å². The predicted molar refractivity (Wildman–Crippen MR) is 138 cm³/mol. The largest absolute Gasteiger partial charge is 0.437 e. The fourth-order valence-corrected chi connectivity index (χ4v) is 4.63. The van der Waals surface area contributed by atoms with Crippen LogP contribution in [0.15, 0.2) is 78.1 Å². The normalized spacial score (nSPS) is 11.2. The average Bonchev–Trinajstić information content (AvgIpc) is 3.36. The van der Waals surface area contributed by atoms with E-state index in [2.05, 4.69) is 20.1 Å². The lowest BCUT2D eigenvalue weighted by atomic mass is 10.2. The number of rotatable bonds is 9. The highest BCUT2D eigenvalue weighted by Gasteiger charge is 2.19. The number of aromatic nitrogens is 3. The number of amides is 1. The van der Waals surface area contributed by atoms with E-state index in [1.54, 1.807) is 41.2 Å². The number of pyridine rings is 1. The van der Waals surface area contributed by atoms with Gasteiger partial charge in [0, 0.05) is 30.7 Å². The zero-order valence-corrected chi connectivity index (χ0v) is 21.4. The molecule has 0 bridgehead atoms. The molecule has 0 radical (unpaired) electrons. The van der Waals surface area contributed by atoms with E-state index in [-0.39, 0.29) is 37.4 Å². The van der Waals surface area contributed by atoms with E-state index in [0.717, 1.165) is 0 Å². The van der Waals surface area contributed by atoms with Gasteiger partial charge in [-0.25, -0.2) is 13.4 Å². The van der Waals surface area contributed by atoms with Gasteiger partial charge in [-0.1, -0.05) is 34.8 Å². The third-order valence-electron chi connectivity index (χ3n) is 4.78. The first-order valence-electron chi connectivity index (χ1n) is 10.4. The van der Waals surface area contributed by atoms with Crippen LogP contribution in [-0.4, -0.2) is 35.6 Å². The van der Waals surface area contributed by atoms with Gasteiger partial charge in [0.25, 0.3) is 15.9 Å². The van der Waals surface area contributed by atoms with Crippen molar-refractivity contribution in [3.63, 3.8) is 0 Å². The quantitative estimate of drug-likeness (QED) is 0.286. The molecule has 9 nitrogen and oxygen atoms in total. The third kappa shape index (κ3) is 6.46. The van der Waals surface area contributed by atoms with Crippen LogP contribution in [0.25, 0.3) is 0 Å². The molecule has 0 aliphatic carbocycles. The maximum absolute atomic E-state index is 12.9. The number of ether oxygens (including phenoxy) is 1. The lowest BCUT2D eigenvalue weighted by Crippen LogP contribution is -2.27. The number of halogens is 3. The van der Waals surface area contributed by atoms with Gasteiger partial charge in [-0.3, -0.25) is 14.2 Å². The fourth-order valence-electron chi connectivity index (χ4n) is 3.03. The number of nitrogens with one attached hydrogen (secondary N) is 2. The van der Waals surface area contributed by atoms with E-state index in [1.807, 2.05) is 6.20 Å². The van der Waals surface area contributed by atoms with Crippen LogP contribution < -0.4 is 14.8 Å². The summed E-state index contributed by atoms with van der Waals surface area (Å²) in [5, 5.41) is 7.39. The van der Waals surface area contributed by atoms with Crippen LogP contribution in [0, 0.1) is 0 Å². The second kappa shape index (κ2) is 11.2. The molecule has 2 heterocycles. The molecule has 2 N–H and O–H groups in total. The highest BCUT2D eigenvalue weighted by molar-refractivity contribution is 7.92. The van der Waals surface area contributed by atoms with Gasteiger partial charge in [-0.2, -0.15) is 5.10 Å². The minimum atomic E-state index is -4.06. The van der Waals surface area contributed by atoms with Crippen LogP contribution in [0.3, 0.4) is 0 Å². The minimum absolute atomic E-state index is 0.00835. The van der Waals surface area contributed by atoms with Gasteiger partial charge in [-0.05, 0) is 54.6 Å². The molecule has 1 amide bonds. The Morgan fingerprint density at radius 3 is 2.50 bits per heavy atom. The Labute approximate surface area is 222 Å². The summed E-state index contributed by atoms with van der Waals surface area (Å²) in [6.45, 7) is 0.957. The minimum Gasteiger partial charge on any atom is -0.437 e. The van der Waals surface area contributed by atoms with Crippen molar-refractivity contribution in [3.8, 4) is 11.6 Å². The molecule has 36 heavy (non-hydrogen) atoms. The molecule has 2 aromatic heterocycles. The van der Waals surface area contributed by atoms with E-state index in [4.69, 9.17) is 39.5 Å². The molecule has 0 spiro atoms. The number of anilines is 1. The van der Waals surface area contributed by atoms with E-state index in [0.29, 0.717) is 24.4 Å². The molecular formula is C23H18Cl3N5O4S. The number of sulfonamides is 1. The summed E-state index contributed by atoms with van der Waals surface area (Å²) in [6, 6.07) is 13.4. The average molecular weight is 567 g/mol. The maximum Gasteiger partial charge on any atom is 0.262 e. The molecule has 4 aromatic rings. The summed E-state index contributed by atoms with van der Waals surface area (Å²) in [7, 11) is -4.06. The second-order valence-corrected chi connectivity index (χ2v) is 10.3. The zero-order valence-electron chi connectivity index (χ0n) is 18.4. The standard InChI is InChI=1S/C23H18Cl3N5O4S/c24-16-12-21(30-36(33,34)18-6-7-19(25)20(26)13-18)23(28-14-16)35-17-4-2-15(3-5-17)22(32)27-9-11-31-10-1-8-29-31/h1-8,10,12-14,30H,9,11H2,(H,27,32).